The molecular formula is C18H24N4O2. The minimum absolute atomic E-state index is 0.0100. The third-order valence-electron chi connectivity index (χ3n) is 5.52. The van der Waals surface area contributed by atoms with Gasteiger partial charge in [0.1, 0.15) is 5.82 Å². The quantitative estimate of drug-likeness (QED) is 0.791. The molecule has 24 heavy (non-hydrogen) atoms. The molecule has 0 radical (unpaired) electrons. The maximum atomic E-state index is 12.6. The summed E-state index contributed by atoms with van der Waals surface area (Å²) in [6.45, 7) is 4.96. The highest BCUT2D eigenvalue weighted by Crippen LogP contribution is 2.33. The molecule has 0 saturated heterocycles. The molecule has 0 N–H and O–H groups in total. The van der Waals surface area contributed by atoms with Crippen molar-refractivity contribution < 1.29 is 9.59 Å². The molecule has 128 valence electrons. The molecule has 1 fully saturated rings. The van der Waals surface area contributed by atoms with E-state index < -0.39 is 0 Å². The van der Waals surface area contributed by atoms with Crippen molar-refractivity contribution in [1.29, 1.82) is 0 Å². The molecule has 2 amide bonds. The third-order valence-corrected chi connectivity index (χ3v) is 5.52. The SMILES string of the molecule is C[C@H]1c2nc(CC(=O)N3CC=CC3)cn2CCN1C(=O)C1CCC1. The summed E-state index contributed by atoms with van der Waals surface area (Å²) in [6.07, 6.45) is 9.58. The van der Waals surface area contributed by atoms with Gasteiger partial charge in [-0.3, -0.25) is 9.59 Å². The Bertz CT molecular complexity index is 681. The van der Waals surface area contributed by atoms with Crippen molar-refractivity contribution in [1.82, 2.24) is 19.4 Å². The van der Waals surface area contributed by atoms with Crippen molar-refractivity contribution in [3.63, 3.8) is 0 Å². The van der Waals surface area contributed by atoms with Crippen LogP contribution in [0.4, 0.5) is 0 Å². The first-order valence-corrected chi connectivity index (χ1v) is 8.92. The standard InChI is InChI=1S/C18H24N4O2/c1-13-17-19-15(11-16(23)20-7-2-3-8-20)12-21(17)9-10-22(13)18(24)14-5-4-6-14/h2-3,12-14H,4-11H2,1H3/t13-/m0/s1. The second-order valence-electron chi connectivity index (χ2n) is 7.07. The highest BCUT2D eigenvalue weighted by molar-refractivity contribution is 5.80. The van der Waals surface area contributed by atoms with Crippen molar-refractivity contribution in [2.75, 3.05) is 19.6 Å². The van der Waals surface area contributed by atoms with Crippen molar-refractivity contribution in [2.45, 2.75) is 45.2 Å². The van der Waals surface area contributed by atoms with E-state index in [9.17, 15) is 9.59 Å². The molecule has 1 aliphatic carbocycles. The number of carbonyl (C=O) groups is 2. The number of fused-ring (bicyclic) bond motifs is 1. The summed E-state index contributed by atoms with van der Waals surface area (Å²) in [7, 11) is 0. The number of carbonyl (C=O) groups excluding carboxylic acids is 2. The molecule has 1 saturated carbocycles. The minimum atomic E-state index is -0.0100. The largest absolute Gasteiger partial charge is 0.335 e. The van der Waals surface area contributed by atoms with Crippen LogP contribution in [0, 0.1) is 5.92 Å². The van der Waals surface area contributed by atoms with Gasteiger partial charge < -0.3 is 14.4 Å². The number of imidazole rings is 1. The van der Waals surface area contributed by atoms with Gasteiger partial charge in [0.25, 0.3) is 0 Å². The van der Waals surface area contributed by atoms with Crippen molar-refractivity contribution in [3.8, 4) is 0 Å². The van der Waals surface area contributed by atoms with Gasteiger partial charge in [0, 0.05) is 38.3 Å². The second kappa shape index (κ2) is 6.07. The molecule has 1 aromatic rings. The summed E-state index contributed by atoms with van der Waals surface area (Å²) >= 11 is 0. The van der Waals surface area contributed by atoms with Gasteiger partial charge in [-0.15, -0.1) is 0 Å². The molecular weight excluding hydrogens is 304 g/mol. The van der Waals surface area contributed by atoms with Crippen molar-refractivity contribution in [3.05, 3.63) is 29.9 Å². The number of aromatic nitrogens is 2. The lowest BCUT2D eigenvalue weighted by molar-refractivity contribution is -0.141. The van der Waals surface area contributed by atoms with E-state index in [0.29, 0.717) is 19.5 Å². The molecule has 3 aliphatic rings. The van der Waals surface area contributed by atoms with Gasteiger partial charge in [-0.1, -0.05) is 18.6 Å². The molecule has 3 heterocycles. The van der Waals surface area contributed by atoms with E-state index in [1.165, 1.54) is 6.42 Å². The Hall–Kier alpha value is -2.11. The zero-order chi connectivity index (χ0) is 16.7. The molecule has 4 rings (SSSR count). The van der Waals surface area contributed by atoms with Gasteiger partial charge in [-0.05, 0) is 19.8 Å². The molecule has 0 bridgehead atoms. The van der Waals surface area contributed by atoms with E-state index in [1.807, 2.05) is 35.1 Å². The molecule has 1 atom stereocenters. The predicted octanol–water partition coefficient (Wildman–Crippen LogP) is 1.53. The smallest absolute Gasteiger partial charge is 0.229 e. The van der Waals surface area contributed by atoms with Crippen LogP contribution in [-0.2, 0) is 22.6 Å². The fourth-order valence-electron chi connectivity index (χ4n) is 3.77. The molecule has 0 aromatic carbocycles. The topological polar surface area (TPSA) is 58.4 Å². The molecule has 1 aromatic heterocycles. The Morgan fingerprint density at radius 3 is 2.62 bits per heavy atom. The van der Waals surface area contributed by atoms with Crippen LogP contribution in [0.15, 0.2) is 18.3 Å². The normalized spacial score (nSPS) is 23.3. The number of amides is 2. The first-order chi connectivity index (χ1) is 11.6. The summed E-state index contributed by atoms with van der Waals surface area (Å²) in [5, 5.41) is 0. The summed E-state index contributed by atoms with van der Waals surface area (Å²) < 4.78 is 2.11. The lowest BCUT2D eigenvalue weighted by Gasteiger charge is -2.38. The number of nitrogens with zero attached hydrogens (tertiary/aromatic N) is 4. The first kappa shape index (κ1) is 15.4. The van der Waals surface area contributed by atoms with E-state index in [1.54, 1.807) is 0 Å². The third kappa shape index (κ3) is 2.64. The number of hydrogen-bond acceptors (Lipinski definition) is 3. The minimum Gasteiger partial charge on any atom is -0.335 e. The zero-order valence-corrected chi connectivity index (χ0v) is 14.1. The van der Waals surface area contributed by atoms with Crippen LogP contribution in [0.3, 0.4) is 0 Å². The van der Waals surface area contributed by atoms with E-state index in [4.69, 9.17) is 0 Å². The Morgan fingerprint density at radius 2 is 1.96 bits per heavy atom. The van der Waals surface area contributed by atoms with Gasteiger partial charge in [-0.2, -0.15) is 0 Å². The van der Waals surface area contributed by atoms with E-state index >= 15 is 0 Å². The first-order valence-electron chi connectivity index (χ1n) is 8.92. The lowest BCUT2D eigenvalue weighted by Crippen LogP contribution is -2.45. The summed E-state index contributed by atoms with van der Waals surface area (Å²) in [4.78, 5) is 33.4. The van der Waals surface area contributed by atoms with Crippen molar-refractivity contribution >= 4 is 11.8 Å². The fourth-order valence-corrected chi connectivity index (χ4v) is 3.77. The zero-order valence-electron chi connectivity index (χ0n) is 14.1. The summed E-state index contributed by atoms with van der Waals surface area (Å²) in [5.74, 6) is 1.53. The highest BCUT2D eigenvalue weighted by Gasteiger charge is 2.35. The Balaban J connectivity index is 1.46. The monoisotopic (exact) mass is 328 g/mol. The van der Waals surface area contributed by atoms with Gasteiger partial charge in [0.05, 0.1) is 18.2 Å². The van der Waals surface area contributed by atoms with Gasteiger partial charge in [0.15, 0.2) is 0 Å². The Labute approximate surface area is 142 Å². The predicted molar refractivity (Wildman–Crippen MR) is 89.1 cm³/mol. The molecule has 6 nitrogen and oxygen atoms in total. The molecule has 6 heteroatoms. The van der Waals surface area contributed by atoms with E-state index in [0.717, 1.165) is 37.4 Å². The lowest BCUT2D eigenvalue weighted by atomic mass is 9.84. The second-order valence-corrected chi connectivity index (χ2v) is 7.07. The maximum absolute atomic E-state index is 12.6. The summed E-state index contributed by atoms with van der Waals surface area (Å²) in [6, 6.07) is -0.0100. The van der Waals surface area contributed by atoms with Gasteiger partial charge in [-0.25, -0.2) is 4.98 Å². The fraction of sp³-hybridized carbons (Fsp3) is 0.611. The molecule has 0 unspecified atom stereocenters. The van der Waals surface area contributed by atoms with Crippen LogP contribution in [0.1, 0.15) is 43.7 Å². The highest BCUT2D eigenvalue weighted by atomic mass is 16.2. The van der Waals surface area contributed by atoms with Gasteiger partial charge in [0.2, 0.25) is 11.8 Å². The van der Waals surface area contributed by atoms with Crippen LogP contribution in [0.5, 0.6) is 0 Å². The Morgan fingerprint density at radius 1 is 1.21 bits per heavy atom. The summed E-state index contributed by atoms with van der Waals surface area (Å²) in [5.41, 5.74) is 0.812. The maximum Gasteiger partial charge on any atom is 0.229 e. The van der Waals surface area contributed by atoms with E-state index in [-0.39, 0.29) is 23.8 Å². The van der Waals surface area contributed by atoms with Gasteiger partial charge >= 0.3 is 0 Å². The van der Waals surface area contributed by atoms with Crippen LogP contribution in [-0.4, -0.2) is 50.8 Å². The molecule has 0 spiro atoms. The van der Waals surface area contributed by atoms with Crippen molar-refractivity contribution in [2.24, 2.45) is 5.92 Å². The van der Waals surface area contributed by atoms with Crippen LogP contribution >= 0.6 is 0 Å². The van der Waals surface area contributed by atoms with Crippen LogP contribution < -0.4 is 0 Å². The number of rotatable bonds is 3. The average Bonchev–Trinajstić information content (AvgIpc) is 3.14. The molecule has 2 aliphatic heterocycles. The Kier molecular flexibility index (Phi) is 3.90. The van der Waals surface area contributed by atoms with Crippen LogP contribution in [0.25, 0.3) is 0 Å². The number of hydrogen-bond donors (Lipinski definition) is 0. The van der Waals surface area contributed by atoms with Crippen LogP contribution in [0.2, 0.25) is 0 Å². The van der Waals surface area contributed by atoms with E-state index in [2.05, 4.69) is 9.55 Å². The average molecular weight is 328 g/mol.